The van der Waals surface area contributed by atoms with E-state index < -0.39 is 0 Å². The lowest BCUT2D eigenvalue weighted by atomic mass is 9.94. The Morgan fingerprint density at radius 1 is 0.157 bits per heavy atom. The first-order valence-corrected chi connectivity index (χ1v) is 46.5. The highest BCUT2D eigenvalue weighted by molar-refractivity contribution is 5.98. The molecule has 140 heavy (non-hydrogen) atoms. The Morgan fingerprint density at radius 2 is 0.464 bits per heavy atom. The van der Waals surface area contributed by atoms with Gasteiger partial charge in [-0.15, -0.1) is 0 Å². The van der Waals surface area contributed by atoms with Gasteiger partial charge in [-0.1, -0.05) is 272 Å². The van der Waals surface area contributed by atoms with E-state index in [2.05, 4.69) is 147 Å². The first-order chi connectivity index (χ1) is 69.4. The third kappa shape index (κ3) is 22.5. The van der Waals surface area contributed by atoms with E-state index in [9.17, 15) is 0 Å². The van der Waals surface area contributed by atoms with Crippen molar-refractivity contribution in [2.45, 2.75) is 41.5 Å². The quantitative estimate of drug-likeness (QED) is 0.0984. The molecular formula is C122H96N18. The maximum Gasteiger partial charge on any atom is 0.166 e. The van der Waals surface area contributed by atoms with Crippen LogP contribution in [0.1, 0.15) is 41.5 Å². The molecule has 0 bridgehead atoms. The largest absolute Gasteiger partial charge is 0.265 e. The molecule has 0 aliphatic heterocycles. The number of hydrogen-bond donors (Lipinski definition) is 0. The molecule has 0 spiro atoms. The van der Waals surface area contributed by atoms with Crippen molar-refractivity contribution in [3.05, 3.63) is 475 Å². The average molecular weight is 1810 g/mol. The van der Waals surface area contributed by atoms with Crippen molar-refractivity contribution in [2.24, 2.45) is 0 Å². The number of para-hydroxylation sites is 5. The highest BCUT2D eigenvalue weighted by atomic mass is 15.0. The van der Waals surface area contributed by atoms with Crippen molar-refractivity contribution in [2.75, 3.05) is 0 Å². The topological polar surface area (TPSA) is 232 Å². The van der Waals surface area contributed by atoms with Crippen LogP contribution in [0.25, 0.3) is 212 Å². The van der Waals surface area contributed by atoms with Gasteiger partial charge in [0.25, 0.3) is 0 Å². The van der Waals surface area contributed by atoms with Crippen LogP contribution in [0.5, 0.6) is 0 Å². The van der Waals surface area contributed by atoms with Crippen molar-refractivity contribution in [1.29, 1.82) is 0 Å². The third-order valence-electron chi connectivity index (χ3n) is 22.4. The van der Waals surface area contributed by atoms with Gasteiger partial charge in [-0.2, -0.15) is 0 Å². The van der Waals surface area contributed by atoms with Gasteiger partial charge in [-0.3, -0.25) is 49.8 Å². The van der Waals surface area contributed by atoms with Gasteiger partial charge in [-0.05, 0) is 179 Å². The molecule has 0 aliphatic carbocycles. The van der Waals surface area contributed by atoms with Crippen molar-refractivity contribution < 1.29 is 0 Å². The minimum Gasteiger partial charge on any atom is -0.265 e. The first kappa shape index (κ1) is 93.1. The van der Waals surface area contributed by atoms with Crippen molar-refractivity contribution in [3.8, 4) is 158 Å². The molecule has 0 amide bonds. The summed E-state index contributed by atoms with van der Waals surface area (Å²) in [7, 11) is 0. The van der Waals surface area contributed by atoms with Crippen LogP contribution in [0.3, 0.4) is 0 Å². The van der Waals surface area contributed by atoms with Crippen LogP contribution in [0.4, 0.5) is 0 Å². The molecule has 0 N–H and O–H groups in total. The smallest absolute Gasteiger partial charge is 0.166 e. The zero-order chi connectivity index (χ0) is 95.8. The van der Waals surface area contributed by atoms with Crippen molar-refractivity contribution in [1.82, 2.24) is 89.7 Å². The van der Waals surface area contributed by atoms with E-state index in [1.807, 2.05) is 383 Å². The zero-order valence-electron chi connectivity index (χ0n) is 78.1. The summed E-state index contributed by atoms with van der Waals surface area (Å²) in [5.74, 6) is 3.21. The van der Waals surface area contributed by atoms with Gasteiger partial charge in [0, 0.05) is 193 Å². The average Bonchev–Trinajstić information content (AvgIpc) is 0.778. The van der Waals surface area contributed by atoms with Gasteiger partial charge in [0.15, 0.2) is 29.1 Å². The summed E-state index contributed by atoms with van der Waals surface area (Å²) < 4.78 is 0. The number of benzene rings is 10. The van der Waals surface area contributed by atoms with Gasteiger partial charge in [0.1, 0.15) is 0 Å². The molecule has 0 aliphatic rings. The van der Waals surface area contributed by atoms with E-state index in [0.29, 0.717) is 23.3 Å². The SMILES string of the molecule is CC.CC.CC.c1ccc(-c2cc(-c3cccc4cccnc34)nc(-c3cccc4cccnc34)n2)cc1.c1ccc(-c2nc(-c3cccc4cccnc34)nc(-c3cccc4cccnc34)n2)cc1.c1ccc(-c2nc(-c3ccccc3)c3ccccc3n2)cc1.c1cncc(-c2cc(-c3cccnc3)nc(-c3cccnc3)c2)c1.c1cncc(-c2cc(-c3ccncc3)cc(-c3ccncc3)c2)c1. The molecule has 24 aromatic rings. The number of aromatic nitrogens is 18. The van der Waals surface area contributed by atoms with Crippen molar-refractivity contribution in [3.63, 3.8) is 0 Å². The number of hydrogen-bond acceptors (Lipinski definition) is 18. The second-order valence-electron chi connectivity index (χ2n) is 31.0. The number of nitrogens with zero attached hydrogens (tertiary/aromatic N) is 18. The van der Waals surface area contributed by atoms with Crippen molar-refractivity contribution >= 4 is 54.5 Å². The Kier molecular flexibility index (Phi) is 31.1. The predicted octanol–water partition coefficient (Wildman–Crippen LogP) is 29.7. The molecule has 14 heterocycles. The van der Waals surface area contributed by atoms with Gasteiger partial charge in [0.2, 0.25) is 0 Å². The number of fused-ring (bicyclic) bond motifs is 5. The van der Waals surface area contributed by atoms with Crippen LogP contribution < -0.4 is 0 Å². The first-order valence-electron chi connectivity index (χ1n) is 46.5. The van der Waals surface area contributed by atoms with Gasteiger partial charge in [0.05, 0.1) is 56.1 Å². The lowest BCUT2D eigenvalue weighted by Crippen LogP contribution is -2.01. The predicted molar refractivity (Wildman–Crippen MR) is 570 cm³/mol. The molecule has 0 fully saturated rings. The molecule has 0 unspecified atom stereocenters. The van der Waals surface area contributed by atoms with E-state index in [1.54, 1.807) is 37.2 Å². The second kappa shape index (κ2) is 46.8. The lowest BCUT2D eigenvalue weighted by Gasteiger charge is -2.11. The summed E-state index contributed by atoms with van der Waals surface area (Å²) >= 11 is 0. The molecule has 0 radical (unpaired) electrons. The molecular weight excluding hydrogens is 1720 g/mol. The molecule has 0 atom stereocenters. The summed E-state index contributed by atoms with van der Waals surface area (Å²) in [4.78, 5) is 82.5. The maximum absolute atomic E-state index is 5.01. The fourth-order valence-electron chi connectivity index (χ4n) is 15.9. The van der Waals surface area contributed by atoms with E-state index in [1.165, 1.54) is 0 Å². The summed E-state index contributed by atoms with van der Waals surface area (Å²) in [6.45, 7) is 12.0. The number of rotatable bonds is 14. The Balaban J connectivity index is 0.000000120. The summed E-state index contributed by atoms with van der Waals surface area (Å²) in [5, 5.41) is 5.30. The van der Waals surface area contributed by atoms with Gasteiger partial charge in [-0.25, -0.2) is 39.9 Å². The van der Waals surface area contributed by atoms with Crippen LogP contribution in [0.2, 0.25) is 0 Å². The van der Waals surface area contributed by atoms with Gasteiger partial charge < -0.3 is 0 Å². The van der Waals surface area contributed by atoms with Crippen LogP contribution in [-0.4, -0.2) is 89.7 Å². The fraction of sp³-hybridized carbons (Fsp3) is 0.0492. The normalized spacial score (nSPS) is 10.5. The molecule has 10 aromatic carbocycles. The highest BCUT2D eigenvalue weighted by Crippen LogP contribution is 2.39. The summed E-state index contributed by atoms with van der Waals surface area (Å²) in [5.41, 5.74) is 27.6. The van der Waals surface area contributed by atoms with E-state index in [0.717, 1.165) is 189 Å². The lowest BCUT2D eigenvalue weighted by molar-refractivity contribution is 1.08. The Labute approximate surface area is 813 Å². The zero-order valence-corrected chi connectivity index (χ0v) is 78.1. The summed E-state index contributed by atoms with van der Waals surface area (Å²) in [6.07, 6.45) is 29.0. The minimum absolute atomic E-state index is 0.589. The molecule has 0 saturated carbocycles. The van der Waals surface area contributed by atoms with Gasteiger partial charge >= 0.3 is 0 Å². The third-order valence-corrected chi connectivity index (χ3v) is 22.4. The standard InChI is InChI=1S/C28H18N4.C27H17N5.C21H15N3.C20H14N4.C20H14N2.3C2H6/c1-2-8-19(9-3-1)24-18-25(22-14-4-10-20-12-6-16-29-26(20)22)32-28(31-24)23-15-5-11-21-13-7-17-30-27(21)23;1-2-8-20(9-3-1)25-30-26(21-14-4-10-18-12-6-16-28-23(18)21)32-27(31-25)22-15-5-11-19-13-7-17-29-24(19)22;1-2-18(15-24-7-1)21-13-19(16-3-8-22-9-4-16)12-20(14-21)17-5-10-23-11-6-17;1-4-15(12-21-7-1)18-10-19(16-5-2-8-22-13-16)24-20(11-18)17-6-3-9-23-14-17;1-3-9-15(10-4-1)19-17-13-7-8-14-18(17)21-20(22-19)16-11-5-2-6-12-16;3*1-2/h1-18H;1-17H;1-15H;1-14H;1-14H;3*1-2H3. The van der Waals surface area contributed by atoms with E-state index >= 15 is 0 Å². The van der Waals surface area contributed by atoms with Crippen LogP contribution in [0, 0.1) is 0 Å². The van der Waals surface area contributed by atoms with Crippen LogP contribution in [-0.2, 0) is 0 Å². The minimum atomic E-state index is 0.589. The Hall–Kier alpha value is -18.7. The summed E-state index contributed by atoms with van der Waals surface area (Å²) in [6, 6.07) is 126. The monoisotopic (exact) mass is 1810 g/mol. The second-order valence-corrected chi connectivity index (χ2v) is 31.0. The Bertz CT molecular complexity index is 7260. The highest BCUT2D eigenvalue weighted by Gasteiger charge is 2.21. The molecule has 18 heteroatoms. The van der Waals surface area contributed by atoms with E-state index in [-0.39, 0.29) is 0 Å². The van der Waals surface area contributed by atoms with Crippen LogP contribution >= 0.6 is 0 Å². The number of pyridine rings is 11. The molecule has 14 aromatic heterocycles. The Morgan fingerprint density at radius 3 is 0.879 bits per heavy atom. The fourth-order valence-corrected chi connectivity index (χ4v) is 15.9. The molecule has 674 valence electrons. The maximum atomic E-state index is 5.01. The molecule has 24 rings (SSSR count). The molecule has 18 nitrogen and oxygen atoms in total. The van der Waals surface area contributed by atoms with Crippen LogP contribution in [0.15, 0.2) is 475 Å². The van der Waals surface area contributed by atoms with E-state index in [4.69, 9.17) is 39.9 Å². The molecule has 0 saturated heterocycles.